The smallest absolute Gasteiger partial charge is 0.259 e. The zero-order chi connectivity index (χ0) is 18.7. The molecular formula is C18H23F2N3O3. The van der Waals surface area contributed by atoms with E-state index in [2.05, 4.69) is 0 Å². The monoisotopic (exact) mass is 367 g/mol. The highest BCUT2D eigenvalue weighted by Crippen LogP contribution is 2.20. The molecule has 0 saturated carbocycles. The normalized spacial score (nSPS) is 20.1. The lowest BCUT2D eigenvalue weighted by atomic mass is 9.91. The zero-order valence-corrected chi connectivity index (χ0v) is 14.5. The van der Waals surface area contributed by atoms with Gasteiger partial charge in [-0.3, -0.25) is 9.59 Å². The molecule has 0 bridgehead atoms. The Labute approximate surface area is 150 Å². The van der Waals surface area contributed by atoms with Crippen molar-refractivity contribution in [2.24, 2.45) is 11.7 Å². The van der Waals surface area contributed by atoms with Crippen LogP contribution in [0.3, 0.4) is 0 Å². The van der Waals surface area contributed by atoms with Crippen LogP contribution in [0, 0.1) is 17.6 Å². The van der Waals surface area contributed by atoms with Crippen LogP contribution in [0.1, 0.15) is 23.2 Å². The van der Waals surface area contributed by atoms with E-state index < -0.39 is 29.1 Å². The average molecular weight is 367 g/mol. The molecule has 0 radical (unpaired) electrons. The van der Waals surface area contributed by atoms with Crippen LogP contribution in [0.5, 0.6) is 0 Å². The number of piperazine rings is 1. The van der Waals surface area contributed by atoms with Crippen molar-refractivity contribution in [3.8, 4) is 0 Å². The van der Waals surface area contributed by atoms with Crippen LogP contribution < -0.4 is 5.73 Å². The number of ether oxygens (including phenoxy) is 1. The van der Waals surface area contributed by atoms with Crippen LogP contribution in [0.2, 0.25) is 0 Å². The average Bonchev–Trinajstić information content (AvgIpc) is 2.67. The Balaban J connectivity index is 1.58. The first-order valence-electron chi connectivity index (χ1n) is 8.84. The highest BCUT2D eigenvalue weighted by molar-refractivity contribution is 5.95. The predicted octanol–water partition coefficient (Wildman–Crippen LogP) is 1.00. The number of halogens is 2. The fourth-order valence-electron chi connectivity index (χ4n) is 3.48. The predicted molar refractivity (Wildman–Crippen MR) is 90.4 cm³/mol. The summed E-state index contributed by atoms with van der Waals surface area (Å²) in [7, 11) is 0. The van der Waals surface area contributed by atoms with E-state index in [1.807, 2.05) is 0 Å². The molecule has 0 aliphatic carbocycles. The molecule has 26 heavy (non-hydrogen) atoms. The van der Waals surface area contributed by atoms with Gasteiger partial charge in [-0.25, -0.2) is 8.78 Å². The van der Waals surface area contributed by atoms with Crippen molar-refractivity contribution in [2.45, 2.75) is 18.9 Å². The minimum absolute atomic E-state index is 0.100. The molecule has 2 fully saturated rings. The fraction of sp³-hybridized carbons (Fsp3) is 0.556. The van der Waals surface area contributed by atoms with Gasteiger partial charge in [0.2, 0.25) is 5.91 Å². The molecule has 1 aromatic rings. The summed E-state index contributed by atoms with van der Waals surface area (Å²) in [6.45, 7) is 2.27. The third-order valence-electron chi connectivity index (χ3n) is 5.11. The number of benzene rings is 1. The summed E-state index contributed by atoms with van der Waals surface area (Å²) < 4.78 is 32.9. The second-order valence-corrected chi connectivity index (χ2v) is 6.69. The quantitative estimate of drug-likeness (QED) is 0.865. The van der Waals surface area contributed by atoms with Crippen LogP contribution in [0.4, 0.5) is 8.78 Å². The topological polar surface area (TPSA) is 75.9 Å². The van der Waals surface area contributed by atoms with Crippen molar-refractivity contribution in [1.82, 2.24) is 9.80 Å². The Hall–Kier alpha value is -2.06. The van der Waals surface area contributed by atoms with E-state index in [1.165, 1.54) is 11.0 Å². The van der Waals surface area contributed by atoms with Gasteiger partial charge in [-0.05, 0) is 30.9 Å². The van der Waals surface area contributed by atoms with E-state index in [-0.39, 0.29) is 24.9 Å². The zero-order valence-electron chi connectivity index (χ0n) is 14.5. The van der Waals surface area contributed by atoms with Gasteiger partial charge in [0.15, 0.2) is 0 Å². The van der Waals surface area contributed by atoms with Crippen LogP contribution in [0.25, 0.3) is 0 Å². The van der Waals surface area contributed by atoms with Crippen LogP contribution in [-0.2, 0) is 9.53 Å². The third-order valence-corrected chi connectivity index (χ3v) is 5.11. The maximum Gasteiger partial charge on any atom is 0.259 e. The Bertz CT molecular complexity index is 651. The summed E-state index contributed by atoms with van der Waals surface area (Å²) in [4.78, 5) is 28.0. The minimum atomic E-state index is -0.880. The van der Waals surface area contributed by atoms with Crippen LogP contribution in [0.15, 0.2) is 18.2 Å². The van der Waals surface area contributed by atoms with E-state index >= 15 is 0 Å². The van der Waals surface area contributed by atoms with Gasteiger partial charge in [0, 0.05) is 39.4 Å². The van der Waals surface area contributed by atoms with E-state index in [4.69, 9.17) is 10.5 Å². The van der Waals surface area contributed by atoms with E-state index in [0.717, 1.165) is 25.0 Å². The summed E-state index contributed by atoms with van der Waals surface area (Å²) in [5, 5.41) is 0. The number of hydrogen-bond donors (Lipinski definition) is 1. The number of nitrogens with zero attached hydrogens (tertiary/aromatic N) is 2. The van der Waals surface area contributed by atoms with Crippen molar-refractivity contribution in [3.05, 3.63) is 35.4 Å². The second-order valence-electron chi connectivity index (χ2n) is 6.69. The SMILES string of the molecule is NC(C(=O)N1CCN(C(=O)c2c(F)cccc2F)CC1)C1CCOCC1. The Morgan fingerprint density at radius 3 is 2.15 bits per heavy atom. The molecule has 1 aromatic carbocycles. The molecule has 6 nitrogen and oxygen atoms in total. The first-order valence-corrected chi connectivity index (χ1v) is 8.84. The van der Waals surface area contributed by atoms with Gasteiger partial charge in [0.05, 0.1) is 6.04 Å². The first kappa shape index (κ1) is 18.7. The summed E-state index contributed by atoms with van der Waals surface area (Å²) in [5.74, 6) is -2.49. The second kappa shape index (κ2) is 8.09. The number of rotatable bonds is 3. The number of carbonyl (C=O) groups is 2. The molecule has 2 aliphatic rings. The van der Waals surface area contributed by atoms with Crippen LogP contribution >= 0.6 is 0 Å². The van der Waals surface area contributed by atoms with Crippen molar-refractivity contribution in [1.29, 1.82) is 0 Å². The lowest BCUT2D eigenvalue weighted by Gasteiger charge is -2.37. The third kappa shape index (κ3) is 3.86. The van der Waals surface area contributed by atoms with Gasteiger partial charge in [-0.2, -0.15) is 0 Å². The number of amides is 2. The van der Waals surface area contributed by atoms with Crippen molar-refractivity contribution < 1.29 is 23.1 Å². The van der Waals surface area contributed by atoms with Gasteiger partial charge in [-0.1, -0.05) is 6.07 Å². The molecule has 1 unspecified atom stereocenters. The van der Waals surface area contributed by atoms with E-state index in [1.54, 1.807) is 4.90 Å². The number of nitrogens with two attached hydrogens (primary N) is 1. The standard InChI is InChI=1S/C18H23F2N3O3/c19-13-2-1-3-14(20)15(13)17(24)22-6-8-23(9-7-22)18(25)16(21)12-4-10-26-11-5-12/h1-3,12,16H,4-11,21H2. The summed E-state index contributed by atoms with van der Waals surface area (Å²) in [6.07, 6.45) is 1.52. The lowest BCUT2D eigenvalue weighted by Crippen LogP contribution is -2.56. The molecular weight excluding hydrogens is 344 g/mol. The lowest BCUT2D eigenvalue weighted by molar-refractivity contribution is -0.136. The Morgan fingerprint density at radius 2 is 1.58 bits per heavy atom. The fourth-order valence-corrected chi connectivity index (χ4v) is 3.48. The Morgan fingerprint density at radius 1 is 1.04 bits per heavy atom. The Kier molecular flexibility index (Phi) is 5.83. The maximum absolute atomic E-state index is 13.8. The molecule has 2 amide bonds. The van der Waals surface area contributed by atoms with E-state index in [9.17, 15) is 18.4 Å². The van der Waals surface area contributed by atoms with E-state index in [0.29, 0.717) is 26.3 Å². The van der Waals surface area contributed by atoms with Gasteiger partial charge in [0.1, 0.15) is 17.2 Å². The highest BCUT2D eigenvalue weighted by Gasteiger charge is 2.33. The van der Waals surface area contributed by atoms with Crippen LogP contribution in [-0.4, -0.2) is 67.0 Å². The molecule has 2 N–H and O–H groups in total. The molecule has 8 heteroatoms. The molecule has 2 saturated heterocycles. The van der Waals surface area contributed by atoms with Crippen molar-refractivity contribution >= 4 is 11.8 Å². The van der Waals surface area contributed by atoms with Crippen molar-refractivity contribution in [2.75, 3.05) is 39.4 Å². The summed E-state index contributed by atoms with van der Waals surface area (Å²) in [6, 6.07) is 2.76. The summed E-state index contributed by atoms with van der Waals surface area (Å²) in [5.41, 5.74) is 5.57. The van der Waals surface area contributed by atoms with Gasteiger partial charge >= 0.3 is 0 Å². The molecule has 3 rings (SSSR count). The molecule has 1 atom stereocenters. The first-order chi connectivity index (χ1) is 12.5. The highest BCUT2D eigenvalue weighted by atomic mass is 19.1. The molecule has 2 heterocycles. The molecule has 2 aliphatic heterocycles. The maximum atomic E-state index is 13.8. The minimum Gasteiger partial charge on any atom is -0.381 e. The van der Waals surface area contributed by atoms with Gasteiger partial charge in [-0.15, -0.1) is 0 Å². The summed E-state index contributed by atoms with van der Waals surface area (Å²) >= 11 is 0. The van der Waals surface area contributed by atoms with Gasteiger partial charge in [0.25, 0.3) is 5.91 Å². The molecule has 0 spiro atoms. The molecule has 0 aromatic heterocycles. The number of carbonyl (C=O) groups excluding carboxylic acids is 2. The van der Waals surface area contributed by atoms with Crippen molar-refractivity contribution in [3.63, 3.8) is 0 Å². The largest absolute Gasteiger partial charge is 0.381 e. The molecule has 142 valence electrons. The number of hydrogen-bond acceptors (Lipinski definition) is 4. The van der Waals surface area contributed by atoms with Gasteiger partial charge < -0.3 is 20.3 Å².